The van der Waals surface area contributed by atoms with Crippen LogP contribution in [0, 0.1) is 5.82 Å². The SMILES string of the molecule is CS(=O)(=O)c1ccccc1NC(=O)COC(=O)Cc1ccccc1F. The molecular weight excluding hydrogens is 349 g/mol. The number of hydrogen-bond donors (Lipinski definition) is 1. The fourth-order valence-corrected chi connectivity index (χ4v) is 2.92. The van der Waals surface area contributed by atoms with E-state index in [1.165, 1.54) is 36.4 Å². The smallest absolute Gasteiger partial charge is 0.310 e. The van der Waals surface area contributed by atoms with Crippen molar-refractivity contribution >= 4 is 27.4 Å². The van der Waals surface area contributed by atoms with Crippen LogP contribution in [0.2, 0.25) is 0 Å². The highest BCUT2D eigenvalue weighted by molar-refractivity contribution is 7.90. The zero-order valence-corrected chi connectivity index (χ0v) is 14.2. The molecule has 0 aromatic heterocycles. The topological polar surface area (TPSA) is 89.5 Å². The Morgan fingerprint density at radius 1 is 1.08 bits per heavy atom. The number of nitrogens with one attached hydrogen (secondary N) is 1. The average Bonchev–Trinajstić information content (AvgIpc) is 2.55. The summed E-state index contributed by atoms with van der Waals surface area (Å²) < 4.78 is 41.6. The Labute approximate surface area is 144 Å². The van der Waals surface area contributed by atoms with E-state index in [9.17, 15) is 22.4 Å². The van der Waals surface area contributed by atoms with Gasteiger partial charge in [0.2, 0.25) is 0 Å². The van der Waals surface area contributed by atoms with Crippen molar-refractivity contribution in [1.29, 1.82) is 0 Å². The minimum absolute atomic E-state index is 0.0407. The Morgan fingerprint density at radius 2 is 1.72 bits per heavy atom. The van der Waals surface area contributed by atoms with Gasteiger partial charge < -0.3 is 10.1 Å². The van der Waals surface area contributed by atoms with Crippen molar-refractivity contribution in [3.63, 3.8) is 0 Å². The standard InChI is InChI=1S/C17H16FNO5S/c1-25(22,23)15-9-5-4-8-14(15)19-16(20)11-24-17(21)10-12-6-2-3-7-13(12)18/h2-9H,10-11H2,1H3,(H,19,20). The molecule has 0 heterocycles. The van der Waals surface area contributed by atoms with Gasteiger partial charge in [-0.2, -0.15) is 0 Å². The molecule has 0 aliphatic heterocycles. The van der Waals surface area contributed by atoms with Gasteiger partial charge in [0.15, 0.2) is 16.4 Å². The van der Waals surface area contributed by atoms with Gasteiger partial charge in [-0.15, -0.1) is 0 Å². The van der Waals surface area contributed by atoms with E-state index in [2.05, 4.69) is 5.32 Å². The second-order valence-electron chi connectivity index (χ2n) is 5.25. The van der Waals surface area contributed by atoms with Gasteiger partial charge >= 0.3 is 5.97 Å². The van der Waals surface area contributed by atoms with E-state index in [1.807, 2.05) is 0 Å². The first kappa shape index (κ1) is 18.6. The van der Waals surface area contributed by atoms with Crippen LogP contribution in [0.4, 0.5) is 10.1 Å². The maximum absolute atomic E-state index is 13.4. The molecule has 0 aliphatic rings. The van der Waals surface area contributed by atoms with Crippen LogP contribution in [0.15, 0.2) is 53.4 Å². The van der Waals surface area contributed by atoms with Crippen LogP contribution in [-0.4, -0.2) is 33.2 Å². The molecule has 2 aromatic carbocycles. The second kappa shape index (κ2) is 7.89. The van der Waals surface area contributed by atoms with E-state index in [0.717, 1.165) is 6.26 Å². The Hall–Kier alpha value is -2.74. The summed E-state index contributed by atoms with van der Waals surface area (Å²) in [5.74, 6) is -2.00. The van der Waals surface area contributed by atoms with E-state index < -0.39 is 34.1 Å². The van der Waals surface area contributed by atoms with Crippen molar-refractivity contribution in [1.82, 2.24) is 0 Å². The van der Waals surface area contributed by atoms with Crippen LogP contribution in [-0.2, 0) is 30.6 Å². The van der Waals surface area contributed by atoms with E-state index in [4.69, 9.17) is 4.74 Å². The van der Waals surface area contributed by atoms with Gasteiger partial charge in [-0.1, -0.05) is 30.3 Å². The summed E-state index contributed by atoms with van der Waals surface area (Å²) in [4.78, 5) is 23.5. The van der Waals surface area contributed by atoms with Gasteiger partial charge in [0.25, 0.3) is 5.91 Å². The quantitative estimate of drug-likeness (QED) is 0.791. The number of ether oxygens (including phenoxy) is 1. The van der Waals surface area contributed by atoms with Crippen LogP contribution in [0.5, 0.6) is 0 Å². The van der Waals surface area contributed by atoms with Gasteiger partial charge in [-0.25, -0.2) is 12.8 Å². The number of rotatable bonds is 6. The predicted molar refractivity (Wildman–Crippen MR) is 89.2 cm³/mol. The number of esters is 1. The lowest BCUT2D eigenvalue weighted by Crippen LogP contribution is -2.22. The summed E-state index contributed by atoms with van der Waals surface area (Å²) in [5, 5.41) is 2.38. The van der Waals surface area contributed by atoms with Gasteiger partial charge in [0, 0.05) is 6.26 Å². The largest absolute Gasteiger partial charge is 0.455 e. The molecule has 1 amide bonds. The van der Waals surface area contributed by atoms with Crippen LogP contribution < -0.4 is 5.32 Å². The third kappa shape index (κ3) is 5.39. The average molecular weight is 365 g/mol. The number of halogens is 1. The molecule has 0 saturated carbocycles. The number of hydrogen-bond acceptors (Lipinski definition) is 5. The van der Waals surface area contributed by atoms with Gasteiger partial charge in [0.1, 0.15) is 5.82 Å². The molecule has 0 spiro atoms. The second-order valence-corrected chi connectivity index (χ2v) is 7.23. The number of carbonyl (C=O) groups is 2. The first-order chi connectivity index (χ1) is 11.8. The summed E-state index contributed by atoms with van der Waals surface area (Å²) in [5.41, 5.74) is 0.260. The van der Waals surface area contributed by atoms with Crippen molar-refractivity contribution in [2.45, 2.75) is 11.3 Å². The minimum Gasteiger partial charge on any atom is -0.455 e. The fraction of sp³-hybridized carbons (Fsp3) is 0.176. The van der Waals surface area contributed by atoms with Crippen LogP contribution in [0.25, 0.3) is 0 Å². The highest BCUT2D eigenvalue weighted by Gasteiger charge is 2.16. The summed E-state index contributed by atoms with van der Waals surface area (Å²) in [6.07, 6.45) is 0.715. The first-order valence-corrected chi connectivity index (χ1v) is 9.14. The zero-order chi connectivity index (χ0) is 18.4. The molecule has 0 bridgehead atoms. The molecule has 2 aromatic rings. The maximum atomic E-state index is 13.4. The number of benzene rings is 2. The van der Waals surface area contributed by atoms with Crippen molar-refractivity contribution in [2.75, 3.05) is 18.2 Å². The lowest BCUT2D eigenvalue weighted by atomic mass is 10.1. The molecule has 0 fully saturated rings. The van der Waals surface area contributed by atoms with E-state index in [0.29, 0.717) is 0 Å². The molecule has 8 heteroatoms. The lowest BCUT2D eigenvalue weighted by Gasteiger charge is -2.10. The molecule has 2 rings (SSSR count). The van der Waals surface area contributed by atoms with Crippen LogP contribution in [0.1, 0.15) is 5.56 Å². The Balaban J connectivity index is 1.94. The summed E-state index contributed by atoms with van der Waals surface area (Å²) in [7, 11) is -3.52. The molecular formula is C17H16FNO5S. The Morgan fingerprint density at radius 3 is 2.40 bits per heavy atom. The highest BCUT2D eigenvalue weighted by atomic mass is 32.2. The number of para-hydroxylation sites is 1. The molecule has 6 nitrogen and oxygen atoms in total. The number of amides is 1. The molecule has 0 aliphatic carbocycles. The molecule has 0 radical (unpaired) electrons. The van der Waals surface area contributed by atoms with E-state index >= 15 is 0 Å². The van der Waals surface area contributed by atoms with Gasteiger partial charge in [-0.05, 0) is 23.8 Å². The third-order valence-corrected chi connectivity index (χ3v) is 4.37. The van der Waals surface area contributed by atoms with Crippen molar-refractivity contribution in [3.05, 3.63) is 59.9 Å². The van der Waals surface area contributed by atoms with E-state index in [1.54, 1.807) is 12.1 Å². The Kier molecular flexibility index (Phi) is 5.87. The zero-order valence-electron chi connectivity index (χ0n) is 13.4. The molecule has 1 N–H and O–H groups in total. The van der Waals surface area contributed by atoms with Crippen molar-refractivity contribution in [3.8, 4) is 0 Å². The maximum Gasteiger partial charge on any atom is 0.310 e. The van der Waals surface area contributed by atoms with Crippen LogP contribution >= 0.6 is 0 Å². The fourth-order valence-electron chi connectivity index (χ4n) is 2.07. The highest BCUT2D eigenvalue weighted by Crippen LogP contribution is 2.20. The molecule has 25 heavy (non-hydrogen) atoms. The number of carbonyl (C=O) groups excluding carboxylic acids is 2. The molecule has 132 valence electrons. The van der Waals surface area contributed by atoms with E-state index in [-0.39, 0.29) is 22.6 Å². The Bertz CT molecular complexity index is 895. The van der Waals surface area contributed by atoms with Crippen molar-refractivity contribution < 1.29 is 27.1 Å². The normalized spacial score (nSPS) is 11.0. The number of anilines is 1. The predicted octanol–water partition coefficient (Wildman–Crippen LogP) is 1.95. The molecule has 0 unspecified atom stereocenters. The first-order valence-electron chi connectivity index (χ1n) is 7.25. The van der Waals surface area contributed by atoms with Crippen molar-refractivity contribution in [2.24, 2.45) is 0 Å². The molecule has 0 atom stereocenters. The van der Waals surface area contributed by atoms with Crippen LogP contribution in [0.3, 0.4) is 0 Å². The lowest BCUT2D eigenvalue weighted by molar-refractivity contribution is -0.146. The summed E-state index contributed by atoms with van der Waals surface area (Å²) >= 11 is 0. The van der Waals surface area contributed by atoms with Gasteiger partial charge in [0.05, 0.1) is 17.0 Å². The summed E-state index contributed by atoms with van der Waals surface area (Å²) in [6.45, 7) is -0.606. The number of sulfone groups is 1. The minimum atomic E-state index is -3.52. The summed E-state index contributed by atoms with van der Waals surface area (Å²) in [6, 6.07) is 11.6. The molecule has 0 saturated heterocycles. The monoisotopic (exact) mass is 365 g/mol. The van der Waals surface area contributed by atoms with Gasteiger partial charge in [-0.3, -0.25) is 9.59 Å². The third-order valence-electron chi connectivity index (χ3n) is 3.22.